The summed E-state index contributed by atoms with van der Waals surface area (Å²) >= 11 is 0. The van der Waals surface area contributed by atoms with Crippen molar-refractivity contribution in [3.8, 4) is 0 Å². The van der Waals surface area contributed by atoms with Crippen LogP contribution in [-0.4, -0.2) is 43.0 Å². The molecule has 0 aliphatic rings. The van der Waals surface area contributed by atoms with Gasteiger partial charge in [-0.05, 0) is 6.54 Å². The predicted octanol–water partition coefficient (Wildman–Crippen LogP) is 0.0473. The summed E-state index contributed by atoms with van der Waals surface area (Å²) in [4.78, 5) is 4.08. The van der Waals surface area contributed by atoms with Gasteiger partial charge in [-0.2, -0.15) is 0 Å². The molecular weight excluding hydrogens is 194 g/mol. The van der Waals surface area contributed by atoms with Crippen LogP contribution in [0.1, 0.15) is 5.69 Å². The number of hydrogen-bond acceptors (Lipinski definition) is 4. The minimum atomic E-state index is 0.636. The second-order valence-corrected chi connectivity index (χ2v) is 3.22. The van der Waals surface area contributed by atoms with Crippen molar-refractivity contribution in [2.75, 3.05) is 33.5 Å². The Morgan fingerprint density at radius 3 is 3.00 bits per heavy atom. The molecule has 0 aliphatic carbocycles. The number of methoxy groups -OCH3 is 1. The van der Waals surface area contributed by atoms with E-state index >= 15 is 0 Å². The Bertz CT molecular complexity index is 263. The molecule has 0 atom stereocenters. The fourth-order valence-corrected chi connectivity index (χ4v) is 1.31. The average molecular weight is 213 g/mol. The van der Waals surface area contributed by atoms with Gasteiger partial charge in [0, 0.05) is 32.0 Å². The summed E-state index contributed by atoms with van der Waals surface area (Å²) in [7, 11) is 1.67. The van der Waals surface area contributed by atoms with Gasteiger partial charge in [0.25, 0.3) is 0 Å². The lowest BCUT2D eigenvalue weighted by molar-refractivity contribution is 0.0663. The first-order chi connectivity index (χ1) is 7.38. The molecule has 2 N–H and O–H groups in total. The quantitative estimate of drug-likeness (QED) is 0.620. The van der Waals surface area contributed by atoms with Crippen LogP contribution < -0.4 is 5.73 Å². The first-order valence-corrected chi connectivity index (χ1v) is 5.14. The van der Waals surface area contributed by atoms with Crippen LogP contribution in [0.3, 0.4) is 0 Å². The topological polar surface area (TPSA) is 62.3 Å². The second kappa shape index (κ2) is 7.39. The molecule has 0 radical (unpaired) electrons. The molecule has 1 heterocycles. The van der Waals surface area contributed by atoms with Crippen molar-refractivity contribution in [1.82, 2.24) is 9.55 Å². The maximum absolute atomic E-state index is 5.49. The van der Waals surface area contributed by atoms with Crippen LogP contribution in [0.5, 0.6) is 0 Å². The molecular formula is C10H19N3O2. The number of nitrogens with zero attached hydrogens (tertiary/aromatic N) is 2. The molecule has 0 aromatic carbocycles. The maximum Gasteiger partial charge on any atom is 0.0948 e. The summed E-state index contributed by atoms with van der Waals surface area (Å²) in [5, 5.41) is 0. The van der Waals surface area contributed by atoms with Crippen LogP contribution >= 0.6 is 0 Å². The third-order valence-corrected chi connectivity index (χ3v) is 2.11. The number of nitrogens with two attached hydrogens (primary N) is 1. The molecule has 0 unspecified atom stereocenters. The van der Waals surface area contributed by atoms with E-state index in [-0.39, 0.29) is 0 Å². The van der Waals surface area contributed by atoms with Gasteiger partial charge in [-0.3, -0.25) is 0 Å². The molecule has 1 aromatic heterocycles. The van der Waals surface area contributed by atoms with Crippen molar-refractivity contribution in [1.29, 1.82) is 0 Å². The standard InChI is InChI=1S/C10H19N3O2/c1-14-6-7-15-5-4-13-9-12-8-10(13)2-3-11/h8-9H,2-7,11H2,1H3. The molecule has 1 rings (SSSR count). The zero-order valence-electron chi connectivity index (χ0n) is 9.19. The molecule has 86 valence electrons. The number of rotatable bonds is 8. The van der Waals surface area contributed by atoms with Crippen molar-refractivity contribution < 1.29 is 9.47 Å². The first-order valence-electron chi connectivity index (χ1n) is 5.14. The van der Waals surface area contributed by atoms with E-state index in [1.807, 2.05) is 12.5 Å². The van der Waals surface area contributed by atoms with Crippen LogP contribution in [0.2, 0.25) is 0 Å². The smallest absolute Gasteiger partial charge is 0.0948 e. The van der Waals surface area contributed by atoms with Crippen molar-refractivity contribution in [2.24, 2.45) is 5.73 Å². The monoisotopic (exact) mass is 213 g/mol. The molecule has 0 aliphatic heterocycles. The lowest BCUT2D eigenvalue weighted by Gasteiger charge is -2.07. The lowest BCUT2D eigenvalue weighted by Crippen LogP contribution is -2.13. The van der Waals surface area contributed by atoms with Crippen molar-refractivity contribution >= 4 is 0 Å². The van der Waals surface area contributed by atoms with E-state index in [1.54, 1.807) is 7.11 Å². The SMILES string of the molecule is COCCOCCn1cncc1CCN. The van der Waals surface area contributed by atoms with Gasteiger partial charge in [0.15, 0.2) is 0 Å². The van der Waals surface area contributed by atoms with Gasteiger partial charge >= 0.3 is 0 Å². The Labute approximate surface area is 90.2 Å². The van der Waals surface area contributed by atoms with Crippen LogP contribution in [0.15, 0.2) is 12.5 Å². The van der Waals surface area contributed by atoms with E-state index in [1.165, 1.54) is 0 Å². The molecule has 0 spiro atoms. The zero-order valence-corrected chi connectivity index (χ0v) is 9.19. The van der Waals surface area contributed by atoms with Gasteiger partial charge in [0.2, 0.25) is 0 Å². The normalized spacial score (nSPS) is 10.8. The summed E-state index contributed by atoms with van der Waals surface area (Å²) in [6, 6.07) is 0. The summed E-state index contributed by atoms with van der Waals surface area (Å²) < 4.78 is 12.3. The highest BCUT2D eigenvalue weighted by molar-refractivity contribution is 4.98. The van der Waals surface area contributed by atoms with Gasteiger partial charge in [0.05, 0.1) is 26.1 Å². The van der Waals surface area contributed by atoms with E-state index in [0.717, 1.165) is 18.7 Å². The third-order valence-electron chi connectivity index (χ3n) is 2.11. The molecule has 5 heteroatoms. The van der Waals surface area contributed by atoms with E-state index in [2.05, 4.69) is 9.55 Å². The van der Waals surface area contributed by atoms with Gasteiger partial charge in [0.1, 0.15) is 0 Å². The lowest BCUT2D eigenvalue weighted by atomic mass is 10.3. The number of imidazole rings is 1. The summed E-state index contributed by atoms with van der Waals surface area (Å²) in [5.74, 6) is 0. The van der Waals surface area contributed by atoms with Gasteiger partial charge in [-0.1, -0.05) is 0 Å². The maximum atomic E-state index is 5.49. The average Bonchev–Trinajstić information content (AvgIpc) is 2.66. The highest BCUT2D eigenvalue weighted by atomic mass is 16.5. The Kier molecular flexibility index (Phi) is 5.99. The van der Waals surface area contributed by atoms with Crippen LogP contribution in [0.4, 0.5) is 0 Å². The summed E-state index contributed by atoms with van der Waals surface area (Å²) in [6.45, 7) is 3.42. The first kappa shape index (κ1) is 12.2. The fraction of sp³-hybridized carbons (Fsp3) is 0.700. The van der Waals surface area contributed by atoms with Crippen LogP contribution in [0.25, 0.3) is 0 Å². The van der Waals surface area contributed by atoms with E-state index in [0.29, 0.717) is 26.4 Å². The molecule has 0 bridgehead atoms. The van der Waals surface area contributed by atoms with Crippen molar-refractivity contribution in [3.63, 3.8) is 0 Å². The molecule has 0 amide bonds. The summed E-state index contributed by atoms with van der Waals surface area (Å²) in [5.41, 5.74) is 6.65. The van der Waals surface area contributed by atoms with E-state index in [4.69, 9.17) is 15.2 Å². The van der Waals surface area contributed by atoms with Gasteiger partial charge < -0.3 is 19.8 Å². The summed E-state index contributed by atoms with van der Waals surface area (Å²) in [6.07, 6.45) is 4.52. The van der Waals surface area contributed by atoms with Gasteiger partial charge in [-0.25, -0.2) is 4.98 Å². The third kappa shape index (κ3) is 4.42. The Morgan fingerprint density at radius 2 is 2.27 bits per heavy atom. The molecule has 0 saturated carbocycles. The molecule has 15 heavy (non-hydrogen) atoms. The van der Waals surface area contributed by atoms with Gasteiger partial charge in [-0.15, -0.1) is 0 Å². The molecule has 0 saturated heterocycles. The number of aromatic nitrogens is 2. The zero-order chi connectivity index (χ0) is 10.9. The fourth-order valence-electron chi connectivity index (χ4n) is 1.31. The Balaban J connectivity index is 2.21. The number of ether oxygens (including phenoxy) is 2. The minimum absolute atomic E-state index is 0.636. The van der Waals surface area contributed by atoms with Crippen molar-refractivity contribution in [2.45, 2.75) is 13.0 Å². The highest BCUT2D eigenvalue weighted by Gasteiger charge is 2.00. The predicted molar refractivity (Wildman–Crippen MR) is 57.7 cm³/mol. The Morgan fingerprint density at radius 1 is 1.40 bits per heavy atom. The molecule has 1 aromatic rings. The Hall–Kier alpha value is -0.910. The van der Waals surface area contributed by atoms with Crippen molar-refractivity contribution in [3.05, 3.63) is 18.2 Å². The number of hydrogen-bond donors (Lipinski definition) is 1. The van der Waals surface area contributed by atoms with Crippen LogP contribution in [-0.2, 0) is 22.4 Å². The molecule has 5 nitrogen and oxygen atoms in total. The second-order valence-electron chi connectivity index (χ2n) is 3.22. The minimum Gasteiger partial charge on any atom is -0.382 e. The van der Waals surface area contributed by atoms with E-state index in [9.17, 15) is 0 Å². The van der Waals surface area contributed by atoms with E-state index < -0.39 is 0 Å². The van der Waals surface area contributed by atoms with Crippen LogP contribution in [0, 0.1) is 0 Å². The highest BCUT2D eigenvalue weighted by Crippen LogP contribution is 1.99. The largest absolute Gasteiger partial charge is 0.382 e. The molecule has 0 fully saturated rings.